The molecule has 0 bridgehead atoms. The van der Waals surface area contributed by atoms with Crippen LogP contribution in [0.25, 0.3) is 0 Å². The molecule has 0 amide bonds. The zero-order valence-corrected chi connectivity index (χ0v) is 18.4. The van der Waals surface area contributed by atoms with Crippen LogP contribution in [0.4, 0.5) is 0 Å². The summed E-state index contributed by atoms with van der Waals surface area (Å²) in [5.74, 6) is 0.538. The molecule has 0 aliphatic carbocycles. The van der Waals surface area contributed by atoms with Crippen LogP contribution in [-0.2, 0) is 0 Å². The van der Waals surface area contributed by atoms with E-state index in [4.69, 9.17) is 9.47 Å². The van der Waals surface area contributed by atoms with Gasteiger partial charge in [-0.2, -0.15) is 0 Å². The van der Waals surface area contributed by atoms with Crippen molar-refractivity contribution in [3.63, 3.8) is 0 Å². The van der Waals surface area contributed by atoms with Gasteiger partial charge in [-0.15, -0.1) is 0 Å². The van der Waals surface area contributed by atoms with Crippen LogP contribution < -0.4 is 9.47 Å². The van der Waals surface area contributed by atoms with Crippen LogP contribution in [0.15, 0.2) is 54.6 Å². The molecule has 0 radical (unpaired) electrons. The normalized spacial score (nSPS) is 10.8. The molecule has 5 nitrogen and oxygen atoms in total. The molecule has 160 valence electrons. The molecule has 3 rings (SSSR count). The molecule has 0 heterocycles. The van der Waals surface area contributed by atoms with Gasteiger partial charge in [-0.1, -0.05) is 44.2 Å². The maximum atomic E-state index is 13.3. The summed E-state index contributed by atoms with van der Waals surface area (Å²) in [6.07, 6.45) is 0. The number of aromatic carboxylic acids is 1. The number of aryl methyl sites for hydroxylation is 2. The summed E-state index contributed by atoms with van der Waals surface area (Å²) in [5, 5.41) is 9.31. The average molecular weight is 418 g/mol. The third-order valence-electron chi connectivity index (χ3n) is 5.15. The Balaban J connectivity index is 2.17. The van der Waals surface area contributed by atoms with Crippen molar-refractivity contribution in [3.8, 4) is 17.2 Å². The Labute approximate surface area is 182 Å². The van der Waals surface area contributed by atoms with Crippen molar-refractivity contribution in [2.24, 2.45) is 0 Å². The molecule has 0 fully saturated rings. The molecule has 0 aromatic heterocycles. The van der Waals surface area contributed by atoms with E-state index >= 15 is 0 Å². The fourth-order valence-electron chi connectivity index (χ4n) is 3.56. The number of benzene rings is 3. The van der Waals surface area contributed by atoms with Crippen molar-refractivity contribution < 1.29 is 24.2 Å². The Morgan fingerprint density at radius 1 is 0.871 bits per heavy atom. The second kappa shape index (κ2) is 9.04. The van der Waals surface area contributed by atoms with Gasteiger partial charge in [0, 0.05) is 11.1 Å². The highest BCUT2D eigenvalue weighted by atomic mass is 16.5. The van der Waals surface area contributed by atoms with Crippen molar-refractivity contribution >= 4 is 11.8 Å². The number of carboxylic acid groups (broad SMARTS) is 1. The van der Waals surface area contributed by atoms with E-state index in [0.717, 1.165) is 5.56 Å². The van der Waals surface area contributed by atoms with Gasteiger partial charge in [0.15, 0.2) is 5.78 Å². The fraction of sp³-hybridized carbons (Fsp3) is 0.231. The number of carbonyl (C=O) groups excluding carboxylic acids is 1. The van der Waals surface area contributed by atoms with Gasteiger partial charge in [0.2, 0.25) is 0 Å². The van der Waals surface area contributed by atoms with E-state index in [9.17, 15) is 14.7 Å². The summed E-state index contributed by atoms with van der Waals surface area (Å²) in [5.41, 5.74) is 3.39. The molecular formula is C26H26O5. The summed E-state index contributed by atoms with van der Waals surface area (Å²) in [6.45, 7) is 7.66. The van der Waals surface area contributed by atoms with E-state index < -0.39 is 5.97 Å². The number of carbonyl (C=O) groups is 2. The SMILES string of the molecule is COc1cc(C(=O)c2ccccc2)c(Oc2c(C)cc(C(=O)O)cc2C)cc1C(C)C. The Morgan fingerprint density at radius 3 is 2.00 bits per heavy atom. The molecule has 0 atom stereocenters. The van der Waals surface area contributed by atoms with Crippen LogP contribution in [0, 0.1) is 13.8 Å². The number of ketones is 1. The lowest BCUT2D eigenvalue weighted by Gasteiger charge is -2.19. The lowest BCUT2D eigenvalue weighted by molar-refractivity contribution is 0.0696. The van der Waals surface area contributed by atoms with Gasteiger partial charge in [-0.05, 0) is 55.2 Å². The van der Waals surface area contributed by atoms with Crippen molar-refractivity contribution in [2.45, 2.75) is 33.6 Å². The largest absolute Gasteiger partial charge is 0.496 e. The van der Waals surface area contributed by atoms with E-state index in [1.807, 2.05) is 38.1 Å². The summed E-state index contributed by atoms with van der Waals surface area (Å²) >= 11 is 0. The average Bonchev–Trinajstić information content (AvgIpc) is 2.75. The second-order valence-electron chi connectivity index (χ2n) is 7.79. The molecular weight excluding hydrogens is 392 g/mol. The van der Waals surface area contributed by atoms with Gasteiger partial charge in [0.1, 0.15) is 17.2 Å². The molecule has 3 aromatic carbocycles. The highest BCUT2D eigenvalue weighted by Gasteiger charge is 2.22. The molecule has 0 spiro atoms. The maximum absolute atomic E-state index is 13.3. The Morgan fingerprint density at radius 2 is 1.48 bits per heavy atom. The molecule has 5 heteroatoms. The standard InChI is InChI=1S/C26H26O5/c1-15(2)20-13-23(31-25-16(3)11-19(26(28)29)12-17(25)4)21(14-22(20)30-5)24(27)18-9-7-6-8-10-18/h6-15H,1-5H3,(H,28,29). The van der Waals surface area contributed by atoms with Crippen molar-refractivity contribution in [1.82, 2.24) is 0 Å². The van der Waals surface area contributed by atoms with E-state index in [0.29, 0.717) is 39.5 Å². The third kappa shape index (κ3) is 4.61. The van der Waals surface area contributed by atoms with Gasteiger partial charge in [0.05, 0.1) is 18.2 Å². The molecule has 0 unspecified atom stereocenters. The quantitative estimate of drug-likeness (QED) is 0.465. The van der Waals surface area contributed by atoms with Gasteiger partial charge >= 0.3 is 5.97 Å². The first kappa shape index (κ1) is 22.1. The number of methoxy groups -OCH3 is 1. The predicted molar refractivity (Wildman–Crippen MR) is 120 cm³/mol. The smallest absolute Gasteiger partial charge is 0.335 e. The van der Waals surface area contributed by atoms with Crippen molar-refractivity contribution in [3.05, 3.63) is 88.0 Å². The monoisotopic (exact) mass is 418 g/mol. The second-order valence-corrected chi connectivity index (χ2v) is 7.79. The lowest BCUT2D eigenvalue weighted by atomic mass is 9.95. The first-order chi connectivity index (χ1) is 14.7. The minimum Gasteiger partial charge on any atom is -0.496 e. The van der Waals surface area contributed by atoms with Gasteiger partial charge in [-0.25, -0.2) is 4.79 Å². The highest BCUT2D eigenvalue weighted by Crippen LogP contribution is 2.38. The topological polar surface area (TPSA) is 72.8 Å². The summed E-state index contributed by atoms with van der Waals surface area (Å²) in [6, 6.07) is 15.7. The molecule has 3 aromatic rings. The molecule has 1 N–H and O–H groups in total. The van der Waals surface area contributed by atoms with Gasteiger partial charge < -0.3 is 14.6 Å². The van der Waals surface area contributed by atoms with Crippen LogP contribution in [0.5, 0.6) is 17.2 Å². The Kier molecular flexibility index (Phi) is 6.44. The van der Waals surface area contributed by atoms with Crippen LogP contribution in [-0.4, -0.2) is 24.0 Å². The van der Waals surface area contributed by atoms with Crippen LogP contribution >= 0.6 is 0 Å². The number of rotatable bonds is 7. The third-order valence-corrected chi connectivity index (χ3v) is 5.15. The van der Waals surface area contributed by atoms with E-state index in [-0.39, 0.29) is 17.3 Å². The summed E-state index contributed by atoms with van der Waals surface area (Å²) in [4.78, 5) is 24.7. The van der Waals surface area contributed by atoms with Crippen LogP contribution in [0.2, 0.25) is 0 Å². The molecule has 31 heavy (non-hydrogen) atoms. The van der Waals surface area contributed by atoms with Crippen LogP contribution in [0.3, 0.4) is 0 Å². The zero-order valence-electron chi connectivity index (χ0n) is 18.4. The summed E-state index contributed by atoms with van der Waals surface area (Å²) < 4.78 is 11.8. The number of ether oxygens (including phenoxy) is 2. The van der Waals surface area contributed by atoms with E-state index in [1.165, 1.54) is 0 Å². The Bertz CT molecular complexity index is 1110. The minimum atomic E-state index is -0.996. The van der Waals surface area contributed by atoms with Crippen LogP contribution in [0.1, 0.15) is 62.7 Å². The Hall–Kier alpha value is -3.60. The van der Waals surface area contributed by atoms with Crippen molar-refractivity contribution in [2.75, 3.05) is 7.11 Å². The highest BCUT2D eigenvalue weighted by molar-refractivity contribution is 6.11. The van der Waals surface area contributed by atoms with Gasteiger partial charge in [-0.3, -0.25) is 4.79 Å². The van der Waals surface area contributed by atoms with Crippen molar-refractivity contribution in [1.29, 1.82) is 0 Å². The molecule has 0 aliphatic rings. The van der Waals surface area contributed by atoms with E-state index in [1.54, 1.807) is 51.3 Å². The first-order valence-electron chi connectivity index (χ1n) is 10.1. The number of hydrogen-bond donors (Lipinski definition) is 1. The summed E-state index contributed by atoms with van der Waals surface area (Å²) in [7, 11) is 1.58. The molecule has 0 saturated carbocycles. The fourth-order valence-corrected chi connectivity index (χ4v) is 3.56. The minimum absolute atomic E-state index is 0.148. The maximum Gasteiger partial charge on any atom is 0.335 e. The molecule has 0 aliphatic heterocycles. The first-order valence-corrected chi connectivity index (χ1v) is 10.1. The number of carboxylic acids is 1. The zero-order chi connectivity index (χ0) is 22.7. The predicted octanol–water partition coefficient (Wildman–Crippen LogP) is 6.16. The van der Waals surface area contributed by atoms with Gasteiger partial charge in [0.25, 0.3) is 0 Å². The lowest BCUT2D eigenvalue weighted by Crippen LogP contribution is -2.07. The molecule has 0 saturated heterocycles. The van der Waals surface area contributed by atoms with E-state index in [2.05, 4.69) is 0 Å². The number of hydrogen-bond acceptors (Lipinski definition) is 4.